The van der Waals surface area contributed by atoms with Gasteiger partial charge in [0.15, 0.2) is 0 Å². The first-order valence-corrected chi connectivity index (χ1v) is 5.99. The van der Waals surface area contributed by atoms with Crippen LogP contribution in [0.3, 0.4) is 0 Å². The molecule has 0 saturated heterocycles. The third kappa shape index (κ3) is 6.29. The molecule has 1 rings (SSSR count). The second-order valence-corrected chi connectivity index (χ2v) is 5.41. The summed E-state index contributed by atoms with van der Waals surface area (Å²) in [5.41, 5.74) is 1.18. The lowest BCUT2D eigenvalue weighted by molar-refractivity contribution is 0.100. The summed E-state index contributed by atoms with van der Waals surface area (Å²) in [5, 5.41) is 13.0. The number of hydrogen-bond acceptors (Lipinski definition) is 3. The van der Waals surface area contributed by atoms with Gasteiger partial charge in [-0.1, -0.05) is 12.1 Å². The lowest BCUT2D eigenvalue weighted by Crippen LogP contribution is -2.42. The van der Waals surface area contributed by atoms with Crippen molar-refractivity contribution in [1.29, 1.82) is 0 Å². The normalized spacial score (nSPS) is 13.5. The summed E-state index contributed by atoms with van der Waals surface area (Å²) in [4.78, 5) is 0. The van der Waals surface area contributed by atoms with E-state index in [1.54, 1.807) is 0 Å². The molecular weight excluding hydrogens is 214 g/mol. The second kappa shape index (κ2) is 6.03. The average molecular weight is 237 g/mol. The first-order valence-electron chi connectivity index (χ1n) is 5.99. The van der Waals surface area contributed by atoms with Gasteiger partial charge in [0, 0.05) is 12.1 Å². The molecule has 1 unspecified atom stereocenters. The number of benzene rings is 1. The molecule has 3 heteroatoms. The molecule has 0 heterocycles. The summed E-state index contributed by atoms with van der Waals surface area (Å²) in [5.74, 6) is 0.805. The smallest absolute Gasteiger partial charge is 0.119 e. The molecular formula is C14H23NO2. The number of nitrogens with one attached hydrogen (secondary N) is 1. The van der Waals surface area contributed by atoms with Crippen molar-refractivity contribution in [3.63, 3.8) is 0 Å². The molecule has 0 aliphatic rings. The van der Waals surface area contributed by atoms with Gasteiger partial charge in [0.25, 0.3) is 0 Å². The number of hydrogen-bond donors (Lipinski definition) is 2. The molecule has 0 aliphatic heterocycles. The van der Waals surface area contributed by atoms with Crippen molar-refractivity contribution in [1.82, 2.24) is 5.32 Å². The Bertz CT molecular complexity index is 344. The third-order valence-corrected chi connectivity index (χ3v) is 2.30. The van der Waals surface area contributed by atoms with Gasteiger partial charge in [-0.25, -0.2) is 0 Å². The van der Waals surface area contributed by atoms with E-state index in [1.165, 1.54) is 0 Å². The lowest BCUT2D eigenvalue weighted by atomic mass is 10.1. The molecule has 3 nitrogen and oxygen atoms in total. The third-order valence-electron chi connectivity index (χ3n) is 2.30. The Morgan fingerprint density at radius 3 is 2.65 bits per heavy atom. The van der Waals surface area contributed by atoms with Gasteiger partial charge in [-0.15, -0.1) is 0 Å². The zero-order valence-corrected chi connectivity index (χ0v) is 11.2. The molecule has 0 aliphatic carbocycles. The van der Waals surface area contributed by atoms with Gasteiger partial charge >= 0.3 is 0 Å². The predicted octanol–water partition coefficient (Wildman–Crippen LogP) is 2.12. The Morgan fingerprint density at radius 1 is 1.35 bits per heavy atom. The molecule has 0 bridgehead atoms. The van der Waals surface area contributed by atoms with Gasteiger partial charge in [-0.05, 0) is 45.4 Å². The van der Waals surface area contributed by atoms with Crippen LogP contribution in [0, 0.1) is 6.92 Å². The molecule has 1 atom stereocenters. The van der Waals surface area contributed by atoms with E-state index in [2.05, 4.69) is 26.1 Å². The molecule has 1 aromatic carbocycles. The van der Waals surface area contributed by atoms with Gasteiger partial charge < -0.3 is 15.2 Å². The summed E-state index contributed by atoms with van der Waals surface area (Å²) in [6.07, 6.45) is -0.491. The minimum absolute atomic E-state index is 0.0182. The molecule has 0 spiro atoms. The zero-order chi connectivity index (χ0) is 12.9. The molecule has 0 fully saturated rings. The van der Waals surface area contributed by atoms with Gasteiger partial charge in [-0.2, -0.15) is 0 Å². The summed E-state index contributed by atoms with van der Waals surface area (Å²) in [6.45, 7) is 9.08. The van der Waals surface area contributed by atoms with Crippen molar-refractivity contribution in [2.45, 2.75) is 39.3 Å². The van der Waals surface area contributed by atoms with E-state index in [0.717, 1.165) is 11.3 Å². The Morgan fingerprint density at radius 2 is 2.06 bits per heavy atom. The molecule has 0 aromatic heterocycles. The second-order valence-electron chi connectivity index (χ2n) is 5.41. The van der Waals surface area contributed by atoms with Crippen LogP contribution in [0.1, 0.15) is 26.3 Å². The van der Waals surface area contributed by atoms with Gasteiger partial charge in [0.2, 0.25) is 0 Å². The Kier molecular flexibility index (Phi) is 4.97. The van der Waals surface area contributed by atoms with Crippen molar-refractivity contribution in [3.05, 3.63) is 29.8 Å². The first kappa shape index (κ1) is 14.0. The predicted molar refractivity (Wildman–Crippen MR) is 70.4 cm³/mol. The fourth-order valence-corrected chi connectivity index (χ4v) is 1.38. The van der Waals surface area contributed by atoms with Crippen LogP contribution in [0.25, 0.3) is 0 Å². The number of aryl methyl sites for hydroxylation is 1. The summed E-state index contributed by atoms with van der Waals surface area (Å²) in [6, 6.07) is 7.83. The first-order chi connectivity index (χ1) is 7.87. The number of aliphatic hydroxyl groups is 1. The highest BCUT2D eigenvalue weighted by Gasteiger charge is 2.12. The van der Waals surface area contributed by atoms with Gasteiger partial charge in [0.1, 0.15) is 18.5 Å². The van der Waals surface area contributed by atoms with Crippen LogP contribution in [0.2, 0.25) is 0 Å². The van der Waals surface area contributed by atoms with E-state index < -0.39 is 6.10 Å². The fraction of sp³-hybridized carbons (Fsp3) is 0.571. The maximum atomic E-state index is 9.76. The minimum atomic E-state index is -0.491. The monoisotopic (exact) mass is 237 g/mol. The summed E-state index contributed by atoms with van der Waals surface area (Å²) < 4.78 is 5.52. The van der Waals surface area contributed by atoms with Gasteiger partial charge in [0.05, 0.1) is 0 Å². The number of β-amino-alcohol motifs (C(OH)–C–C–N with tert-alkyl or cyclic N) is 1. The standard InChI is InChI=1S/C14H23NO2/c1-11-6-5-7-13(8-11)17-10-12(16)9-15-14(2,3)4/h5-8,12,15-16H,9-10H2,1-4H3. The highest BCUT2D eigenvalue weighted by atomic mass is 16.5. The number of aliphatic hydroxyl groups excluding tert-OH is 1. The van der Waals surface area contributed by atoms with Crippen LogP contribution in [0.4, 0.5) is 0 Å². The summed E-state index contributed by atoms with van der Waals surface area (Å²) >= 11 is 0. The Labute approximate surface area is 104 Å². The van der Waals surface area contributed by atoms with E-state index in [4.69, 9.17) is 4.74 Å². The van der Waals surface area contributed by atoms with Crippen LogP contribution in [-0.4, -0.2) is 29.9 Å². The molecule has 0 amide bonds. The van der Waals surface area contributed by atoms with Crippen LogP contribution >= 0.6 is 0 Å². The molecule has 96 valence electrons. The molecule has 1 aromatic rings. The fourth-order valence-electron chi connectivity index (χ4n) is 1.38. The van der Waals surface area contributed by atoms with E-state index >= 15 is 0 Å². The maximum Gasteiger partial charge on any atom is 0.119 e. The van der Waals surface area contributed by atoms with E-state index in [-0.39, 0.29) is 5.54 Å². The van der Waals surface area contributed by atoms with Gasteiger partial charge in [-0.3, -0.25) is 0 Å². The van der Waals surface area contributed by atoms with Crippen LogP contribution in [0.5, 0.6) is 5.75 Å². The molecule has 0 saturated carbocycles. The van der Waals surface area contributed by atoms with Crippen molar-refractivity contribution in [3.8, 4) is 5.75 Å². The highest BCUT2D eigenvalue weighted by molar-refractivity contribution is 5.27. The SMILES string of the molecule is Cc1cccc(OCC(O)CNC(C)(C)C)c1. The molecule has 17 heavy (non-hydrogen) atoms. The zero-order valence-electron chi connectivity index (χ0n) is 11.2. The Balaban J connectivity index is 2.31. The van der Waals surface area contributed by atoms with E-state index in [9.17, 15) is 5.11 Å². The van der Waals surface area contributed by atoms with E-state index in [0.29, 0.717) is 13.2 Å². The van der Waals surface area contributed by atoms with Crippen molar-refractivity contribution < 1.29 is 9.84 Å². The lowest BCUT2D eigenvalue weighted by Gasteiger charge is -2.23. The topological polar surface area (TPSA) is 41.5 Å². The highest BCUT2D eigenvalue weighted by Crippen LogP contribution is 2.12. The molecule has 2 N–H and O–H groups in total. The van der Waals surface area contributed by atoms with E-state index in [1.807, 2.05) is 31.2 Å². The van der Waals surface area contributed by atoms with Crippen LogP contribution < -0.4 is 10.1 Å². The summed E-state index contributed by atoms with van der Waals surface area (Å²) in [7, 11) is 0. The average Bonchev–Trinajstić information content (AvgIpc) is 2.23. The quantitative estimate of drug-likeness (QED) is 0.824. The number of ether oxygens (including phenoxy) is 1. The van der Waals surface area contributed by atoms with Crippen molar-refractivity contribution >= 4 is 0 Å². The Hall–Kier alpha value is -1.06. The maximum absolute atomic E-state index is 9.76. The van der Waals surface area contributed by atoms with Crippen molar-refractivity contribution in [2.75, 3.05) is 13.2 Å². The van der Waals surface area contributed by atoms with Crippen LogP contribution in [0.15, 0.2) is 24.3 Å². The molecule has 0 radical (unpaired) electrons. The number of rotatable bonds is 5. The minimum Gasteiger partial charge on any atom is -0.491 e. The van der Waals surface area contributed by atoms with Crippen LogP contribution in [-0.2, 0) is 0 Å². The van der Waals surface area contributed by atoms with Crippen molar-refractivity contribution in [2.24, 2.45) is 0 Å². The largest absolute Gasteiger partial charge is 0.491 e.